The number of thiol groups is 2. The van der Waals surface area contributed by atoms with Crippen molar-refractivity contribution < 1.29 is 9.90 Å². The largest absolute Gasteiger partial charge is 0.480 e. The van der Waals surface area contributed by atoms with E-state index in [1.165, 1.54) is 0 Å². The molecule has 102 valence electrons. The van der Waals surface area contributed by atoms with Crippen molar-refractivity contribution >= 4 is 27.8 Å². The smallest absolute Gasteiger partial charge is 0.329 e. The van der Waals surface area contributed by atoms with E-state index in [4.69, 9.17) is 0 Å². The van der Waals surface area contributed by atoms with E-state index in [1.807, 2.05) is 45.9 Å². The molecule has 0 atom stereocenters. The molecule has 19 heavy (non-hydrogen) atoms. The summed E-state index contributed by atoms with van der Waals surface area (Å²) in [7, 11) is -1.99. The molecule has 0 aromatic rings. The average Bonchev–Trinajstić information content (AvgIpc) is 3.02. The summed E-state index contributed by atoms with van der Waals surface area (Å²) in [6.45, 7) is 3.48. The SMILES string of the molecule is CC(C)(C#N)C(C(=O)O)([SH]1C=CC=C1)[SH]1C=CC=C1. The zero-order valence-electron chi connectivity index (χ0n) is 10.8. The minimum absolute atomic E-state index is 0.872. The van der Waals surface area contributed by atoms with Crippen LogP contribution in [0.4, 0.5) is 0 Å². The second-order valence-electron chi connectivity index (χ2n) is 4.89. The molecular formula is C14H17NO2S2. The topological polar surface area (TPSA) is 61.1 Å². The highest BCUT2D eigenvalue weighted by molar-refractivity contribution is 8.40. The second-order valence-corrected chi connectivity index (χ2v) is 9.41. The molecule has 0 radical (unpaired) electrons. The lowest BCUT2D eigenvalue weighted by molar-refractivity contribution is -0.139. The van der Waals surface area contributed by atoms with Crippen molar-refractivity contribution in [2.75, 3.05) is 0 Å². The summed E-state index contributed by atoms with van der Waals surface area (Å²) in [6.07, 6.45) is 7.54. The Bertz CT molecular complexity index is 500. The molecule has 0 fully saturated rings. The molecule has 3 nitrogen and oxygen atoms in total. The summed E-state index contributed by atoms with van der Waals surface area (Å²) in [6, 6.07) is 2.23. The molecule has 0 saturated heterocycles. The van der Waals surface area contributed by atoms with Crippen LogP contribution in [0.2, 0.25) is 0 Å². The predicted octanol–water partition coefficient (Wildman–Crippen LogP) is 3.40. The second kappa shape index (κ2) is 4.95. The van der Waals surface area contributed by atoms with E-state index >= 15 is 0 Å². The fourth-order valence-corrected chi connectivity index (χ4v) is 8.35. The van der Waals surface area contributed by atoms with Crippen LogP contribution in [0, 0.1) is 16.7 Å². The summed E-state index contributed by atoms with van der Waals surface area (Å²) >= 11 is 0. The van der Waals surface area contributed by atoms with Crippen LogP contribution >= 0.6 is 21.8 Å². The van der Waals surface area contributed by atoms with Gasteiger partial charge < -0.3 is 5.11 Å². The minimum atomic E-state index is -1.06. The van der Waals surface area contributed by atoms with Crippen LogP contribution in [0.5, 0.6) is 0 Å². The van der Waals surface area contributed by atoms with Crippen molar-refractivity contribution in [2.45, 2.75) is 17.9 Å². The molecule has 0 unspecified atom stereocenters. The van der Waals surface area contributed by atoms with Crippen LogP contribution in [-0.4, -0.2) is 15.2 Å². The van der Waals surface area contributed by atoms with Gasteiger partial charge in [-0.1, -0.05) is 24.3 Å². The Morgan fingerprint density at radius 2 is 1.42 bits per heavy atom. The van der Waals surface area contributed by atoms with Gasteiger partial charge in [0.1, 0.15) is 0 Å². The number of rotatable bonds is 4. The Labute approximate surface area is 118 Å². The van der Waals surface area contributed by atoms with E-state index in [0.717, 1.165) is 0 Å². The number of allylic oxidation sites excluding steroid dienone is 4. The molecule has 1 N–H and O–H groups in total. The van der Waals surface area contributed by atoms with Gasteiger partial charge in [-0.3, -0.25) is 0 Å². The summed E-state index contributed by atoms with van der Waals surface area (Å²) in [5, 5.41) is 27.3. The van der Waals surface area contributed by atoms with E-state index in [-0.39, 0.29) is 0 Å². The van der Waals surface area contributed by atoms with Crippen molar-refractivity contribution in [3.63, 3.8) is 0 Å². The van der Waals surface area contributed by atoms with E-state index < -0.39 is 37.3 Å². The van der Waals surface area contributed by atoms with Gasteiger partial charge in [0.2, 0.25) is 0 Å². The highest BCUT2D eigenvalue weighted by Crippen LogP contribution is 2.68. The number of hydrogen-bond acceptors (Lipinski definition) is 2. The van der Waals surface area contributed by atoms with E-state index in [9.17, 15) is 15.2 Å². The summed E-state index contributed by atoms with van der Waals surface area (Å²) in [4.78, 5) is 12.1. The van der Waals surface area contributed by atoms with Gasteiger partial charge in [0.25, 0.3) is 0 Å². The Hall–Kier alpha value is -1.38. The summed E-state index contributed by atoms with van der Waals surface area (Å²) in [5.74, 6) is -0.872. The van der Waals surface area contributed by atoms with Crippen molar-refractivity contribution in [2.24, 2.45) is 5.41 Å². The van der Waals surface area contributed by atoms with Gasteiger partial charge in [-0.15, -0.1) is 0 Å². The van der Waals surface area contributed by atoms with E-state index in [2.05, 4.69) is 6.07 Å². The Morgan fingerprint density at radius 3 is 1.68 bits per heavy atom. The molecule has 2 rings (SSSR count). The van der Waals surface area contributed by atoms with Crippen LogP contribution in [0.15, 0.2) is 45.9 Å². The maximum atomic E-state index is 12.1. The van der Waals surface area contributed by atoms with Crippen LogP contribution in [-0.2, 0) is 4.79 Å². The van der Waals surface area contributed by atoms with Crippen molar-refractivity contribution in [3.8, 4) is 6.07 Å². The first kappa shape index (κ1) is 14.0. The lowest BCUT2D eigenvalue weighted by atomic mass is 9.90. The average molecular weight is 295 g/mol. The highest BCUT2D eigenvalue weighted by Gasteiger charge is 2.57. The van der Waals surface area contributed by atoms with Gasteiger partial charge in [-0.2, -0.15) is 27.1 Å². The number of carboxylic acids is 1. The van der Waals surface area contributed by atoms with Gasteiger partial charge in [0.05, 0.1) is 11.5 Å². The molecule has 2 aliphatic heterocycles. The molecule has 0 amide bonds. The fourth-order valence-electron chi connectivity index (χ4n) is 2.45. The van der Waals surface area contributed by atoms with E-state index in [0.29, 0.717) is 0 Å². The van der Waals surface area contributed by atoms with Crippen molar-refractivity contribution in [1.29, 1.82) is 5.26 Å². The first-order chi connectivity index (χ1) is 8.96. The Balaban J connectivity index is 2.65. The lowest BCUT2D eigenvalue weighted by Gasteiger charge is -2.48. The predicted molar refractivity (Wildman–Crippen MR) is 84.3 cm³/mol. The van der Waals surface area contributed by atoms with Crippen molar-refractivity contribution in [3.05, 3.63) is 45.9 Å². The summed E-state index contributed by atoms with van der Waals surface area (Å²) in [5.41, 5.74) is -0.936. The van der Waals surface area contributed by atoms with Gasteiger partial charge in [0.15, 0.2) is 4.08 Å². The molecule has 0 spiro atoms. The highest BCUT2D eigenvalue weighted by atomic mass is 32.3. The lowest BCUT2D eigenvalue weighted by Crippen LogP contribution is -2.48. The first-order valence-corrected chi connectivity index (χ1v) is 8.84. The number of nitriles is 1. The molecule has 2 aliphatic rings. The third-order valence-corrected chi connectivity index (χ3v) is 9.76. The zero-order valence-corrected chi connectivity index (χ0v) is 12.6. The van der Waals surface area contributed by atoms with Gasteiger partial charge in [0, 0.05) is 0 Å². The van der Waals surface area contributed by atoms with Crippen LogP contribution < -0.4 is 0 Å². The number of carbonyl (C=O) groups is 1. The molecular weight excluding hydrogens is 278 g/mol. The molecule has 0 bridgehead atoms. The molecule has 0 aromatic carbocycles. The van der Waals surface area contributed by atoms with Gasteiger partial charge in [-0.25, -0.2) is 4.79 Å². The fraction of sp³-hybridized carbons (Fsp3) is 0.286. The number of aliphatic carboxylic acids is 1. The molecule has 0 aromatic heterocycles. The quantitative estimate of drug-likeness (QED) is 0.697. The normalized spacial score (nSPS) is 21.1. The summed E-state index contributed by atoms with van der Waals surface area (Å²) < 4.78 is -1.06. The van der Waals surface area contributed by atoms with Crippen LogP contribution in [0.25, 0.3) is 0 Å². The monoisotopic (exact) mass is 295 g/mol. The molecule has 0 saturated carbocycles. The zero-order chi connectivity index (χ0) is 14.1. The Kier molecular flexibility index (Phi) is 3.66. The van der Waals surface area contributed by atoms with Gasteiger partial charge >= 0.3 is 5.97 Å². The molecule has 0 aliphatic carbocycles. The first-order valence-electron chi connectivity index (χ1n) is 5.88. The van der Waals surface area contributed by atoms with E-state index in [1.54, 1.807) is 13.8 Å². The maximum absolute atomic E-state index is 12.1. The van der Waals surface area contributed by atoms with Crippen molar-refractivity contribution in [1.82, 2.24) is 0 Å². The maximum Gasteiger partial charge on any atom is 0.329 e. The Morgan fingerprint density at radius 1 is 1.05 bits per heavy atom. The van der Waals surface area contributed by atoms with Crippen LogP contribution in [0.1, 0.15) is 13.8 Å². The van der Waals surface area contributed by atoms with Crippen LogP contribution in [0.3, 0.4) is 0 Å². The number of hydrogen-bond donors (Lipinski definition) is 3. The number of carboxylic acid groups (broad SMARTS) is 1. The number of nitrogens with zero attached hydrogens (tertiary/aromatic N) is 1. The third kappa shape index (κ3) is 1.96. The van der Waals surface area contributed by atoms with Gasteiger partial charge in [-0.05, 0) is 35.5 Å². The third-order valence-electron chi connectivity index (χ3n) is 3.41. The minimum Gasteiger partial charge on any atom is -0.480 e. The standard InChI is InChI=1S/C14H17NO2S2/c1-13(2,11-15)14(12(16)17,18-7-3-4-8-18)19-9-5-6-10-19/h3-10,18-19H,1-2H3,(H,16,17). The molecule has 2 heterocycles. The molecule has 5 heteroatoms.